The van der Waals surface area contributed by atoms with Crippen LogP contribution >= 0.6 is 11.8 Å². The van der Waals surface area contributed by atoms with Crippen LogP contribution in [0.4, 0.5) is 0 Å². The molecule has 4 unspecified atom stereocenters. The quantitative estimate of drug-likeness (QED) is 0.716. The lowest BCUT2D eigenvalue weighted by Crippen LogP contribution is -2.37. The molecule has 0 bridgehead atoms. The van der Waals surface area contributed by atoms with Gasteiger partial charge in [0.25, 0.3) is 0 Å². The van der Waals surface area contributed by atoms with E-state index in [1.165, 1.54) is 18.6 Å². The molecule has 2 aliphatic rings. The minimum Gasteiger partial charge on any atom is -0.465 e. The summed E-state index contributed by atoms with van der Waals surface area (Å²) in [5.41, 5.74) is 12.0. The molecular formula is C22H36N2O3S. The maximum absolute atomic E-state index is 6.13. The van der Waals surface area contributed by atoms with Crippen LogP contribution in [0.1, 0.15) is 75.2 Å². The zero-order valence-corrected chi connectivity index (χ0v) is 17.4. The average Bonchev–Trinajstić information content (AvgIpc) is 3.42. The number of thioether (sulfide) groups is 1. The molecule has 158 valence electrons. The SMILES string of the molecule is C.Cc1ccc(C(N)C2(C)CCCO2)o1.Cc1ccc(C(N)C2CCCS2)o1. The Hall–Kier alpha value is -1.21. The van der Waals surface area contributed by atoms with Gasteiger partial charge >= 0.3 is 0 Å². The molecule has 4 rings (SSSR count). The predicted octanol–water partition coefficient (Wildman–Crippen LogP) is 5.28. The Morgan fingerprint density at radius 2 is 1.68 bits per heavy atom. The van der Waals surface area contributed by atoms with Crippen molar-refractivity contribution in [2.24, 2.45) is 11.5 Å². The summed E-state index contributed by atoms with van der Waals surface area (Å²) < 4.78 is 16.7. The van der Waals surface area contributed by atoms with Gasteiger partial charge in [0.15, 0.2) is 0 Å². The van der Waals surface area contributed by atoms with Gasteiger partial charge in [0, 0.05) is 11.9 Å². The molecule has 2 fully saturated rings. The monoisotopic (exact) mass is 408 g/mol. The van der Waals surface area contributed by atoms with Gasteiger partial charge in [-0.05, 0) is 76.5 Å². The topological polar surface area (TPSA) is 87.5 Å². The summed E-state index contributed by atoms with van der Waals surface area (Å²) in [6.45, 7) is 6.75. The summed E-state index contributed by atoms with van der Waals surface area (Å²) in [6, 6.07) is 7.79. The first kappa shape index (κ1) is 23.1. The van der Waals surface area contributed by atoms with Crippen molar-refractivity contribution in [3.63, 3.8) is 0 Å². The lowest BCUT2D eigenvalue weighted by atomic mass is 9.92. The Kier molecular flexibility index (Phi) is 8.25. The minimum absolute atomic E-state index is 0. The summed E-state index contributed by atoms with van der Waals surface area (Å²) in [6.07, 6.45) is 4.62. The fraction of sp³-hybridized carbons (Fsp3) is 0.636. The molecule has 28 heavy (non-hydrogen) atoms. The molecule has 2 aromatic rings. The van der Waals surface area contributed by atoms with Gasteiger partial charge in [0.05, 0.1) is 17.7 Å². The van der Waals surface area contributed by atoms with Gasteiger partial charge in [-0.3, -0.25) is 0 Å². The summed E-state index contributed by atoms with van der Waals surface area (Å²) >= 11 is 1.97. The van der Waals surface area contributed by atoms with E-state index in [0.29, 0.717) is 5.25 Å². The van der Waals surface area contributed by atoms with Crippen molar-refractivity contribution in [3.05, 3.63) is 47.3 Å². The van der Waals surface area contributed by atoms with E-state index in [4.69, 9.17) is 25.0 Å². The van der Waals surface area contributed by atoms with E-state index in [1.807, 2.05) is 49.9 Å². The van der Waals surface area contributed by atoms with Crippen molar-refractivity contribution in [1.29, 1.82) is 0 Å². The molecule has 4 N–H and O–H groups in total. The minimum atomic E-state index is -0.246. The standard InChI is InChI=1S/C11H17NO2.C10H15NOS.CH4/c1-8-4-5-9(14-8)10(12)11(2)6-3-7-13-11;1-7-4-5-8(12-7)10(11)9-3-2-6-13-9;/h4-5,10H,3,6-7,12H2,1-2H3;4-5,9-10H,2-3,6,11H2,1H3;1H4. The fourth-order valence-corrected chi connectivity index (χ4v) is 4.98. The first-order valence-corrected chi connectivity index (χ1v) is 10.8. The van der Waals surface area contributed by atoms with Gasteiger partial charge in [-0.2, -0.15) is 11.8 Å². The highest BCUT2D eigenvalue weighted by Gasteiger charge is 2.38. The molecule has 0 saturated carbocycles. The summed E-state index contributed by atoms with van der Waals surface area (Å²) in [5.74, 6) is 4.87. The van der Waals surface area contributed by atoms with Crippen LogP contribution in [0.3, 0.4) is 0 Å². The number of furan rings is 2. The maximum atomic E-state index is 6.13. The van der Waals surface area contributed by atoms with Crippen LogP contribution in [0, 0.1) is 13.8 Å². The Labute approximate surface area is 173 Å². The molecule has 4 atom stereocenters. The largest absolute Gasteiger partial charge is 0.465 e. The van der Waals surface area contributed by atoms with Crippen LogP contribution in [0.2, 0.25) is 0 Å². The van der Waals surface area contributed by atoms with Crippen molar-refractivity contribution in [2.75, 3.05) is 12.4 Å². The van der Waals surface area contributed by atoms with Crippen molar-refractivity contribution in [1.82, 2.24) is 0 Å². The zero-order valence-electron chi connectivity index (χ0n) is 16.6. The van der Waals surface area contributed by atoms with E-state index in [0.717, 1.165) is 42.5 Å². The number of hydrogen-bond donors (Lipinski definition) is 2. The molecule has 0 aromatic carbocycles. The molecule has 0 aliphatic carbocycles. The number of ether oxygens (including phenoxy) is 1. The Morgan fingerprint density at radius 3 is 2.14 bits per heavy atom. The molecule has 2 aliphatic heterocycles. The number of nitrogens with two attached hydrogens (primary N) is 2. The summed E-state index contributed by atoms with van der Waals surface area (Å²) in [5, 5.41) is 0.561. The summed E-state index contributed by atoms with van der Waals surface area (Å²) in [4.78, 5) is 0. The zero-order chi connectivity index (χ0) is 19.4. The van der Waals surface area contributed by atoms with Gasteiger partial charge < -0.3 is 25.0 Å². The second-order valence-corrected chi connectivity index (χ2v) is 9.06. The van der Waals surface area contributed by atoms with Crippen molar-refractivity contribution < 1.29 is 13.6 Å². The van der Waals surface area contributed by atoms with E-state index in [2.05, 4.69) is 6.92 Å². The number of rotatable bonds is 4. The Morgan fingerprint density at radius 1 is 1.04 bits per heavy atom. The van der Waals surface area contributed by atoms with E-state index >= 15 is 0 Å². The highest BCUT2D eigenvalue weighted by atomic mass is 32.2. The average molecular weight is 409 g/mol. The third kappa shape index (κ3) is 5.44. The van der Waals surface area contributed by atoms with Crippen LogP contribution in [-0.4, -0.2) is 23.2 Å². The van der Waals surface area contributed by atoms with E-state index in [-0.39, 0.29) is 25.1 Å². The first-order chi connectivity index (χ1) is 12.9. The number of hydrogen-bond acceptors (Lipinski definition) is 6. The number of aryl methyl sites for hydroxylation is 2. The molecule has 5 nitrogen and oxygen atoms in total. The fourth-order valence-electron chi connectivity index (χ4n) is 3.67. The van der Waals surface area contributed by atoms with Gasteiger partial charge in [-0.15, -0.1) is 0 Å². The smallest absolute Gasteiger partial charge is 0.123 e. The lowest BCUT2D eigenvalue weighted by molar-refractivity contribution is -0.00700. The first-order valence-electron chi connectivity index (χ1n) is 9.78. The van der Waals surface area contributed by atoms with E-state index < -0.39 is 0 Å². The van der Waals surface area contributed by atoms with Crippen LogP contribution in [0.5, 0.6) is 0 Å². The highest BCUT2D eigenvalue weighted by molar-refractivity contribution is 8.00. The van der Waals surface area contributed by atoms with Crippen molar-refractivity contribution in [2.45, 2.75) is 76.8 Å². The van der Waals surface area contributed by atoms with E-state index in [9.17, 15) is 0 Å². The van der Waals surface area contributed by atoms with E-state index in [1.54, 1.807) is 0 Å². The third-order valence-corrected chi connectivity index (χ3v) is 6.91. The second-order valence-electron chi connectivity index (χ2n) is 7.72. The summed E-state index contributed by atoms with van der Waals surface area (Å²) in [7, 11) is 0. The molecule has 0 spiro atoms. The molecule has 6 heteroatoms. The van der Waals surface area contributed by atoms with Crippen LogP contribution in [0.25, 0.3) is 0 Å². The molecule has 0 radical (unpaired) electrons. The molecule has 4 heterocycles. The second kappa shape index (κ2) is 10.0. The van der Waals surface area contributed by atoms with Crippen LogP contribution in [0.15, 0.2) is 33.1 Å². The Balaban J connectivity index is 0.000000194. The van der Waals surface area contributed by atoms with Gasteiger partial charge in [-0.1, -0.05) is 7.43 Å². The van der Waals surface area contributed by atoms with Crippen LogP contribution < -0.4 is 11.5 Å². The third-order valence-electron chi connectivity index (χ3n) is 5.43. The van der Waals surface area contributed by atoms with Crippen molar-refractivity contribution >= 4 is 11.8 Å². The highest BCUT2D eigenvalue weighted by Crippen LogP contribution is 2.36. The predicted molar refractivity (Wildman–Crippen MR) is 117 cm³/mol. The van der Waals surface area contributed by atoms with Gasteiger partial charge in [0.2, 0.25) is 0 Å². The maximum Gasteiger partial charge on any atom is 0.123 e. The van der Waals surface area contributed by atoms with Gasteiger partial charge in [0.1, 0.15) is 23.0 Å². The molecule has 2 saturated heterocycles. The normalized spacial score (nSPS) is 26.2. The van der Waals surface area contributed by atoms with Gasteiger partial charge in [-0.25, -0.2) is 0 Å². The lowest BCUT2D eigenvalue weighted by Gasteiger charge is -2.28. The molecular weight excluding hydrogens is 372 g/mol. The Bertz CT molecular complexity index is 715. The molecule has 0 amide bonds. The van der Waals surface area contributed by atoms with Crippen LogP contribution in [-0.2, 0) is 4.74 Å². The molecule has 2 aromatic heterocycles. The van der Waals surface area contributed by atoms with Crippen molar-refractivity contribution in [3.8, 4) is 0 Å².